The second-order valence-electron chi connectivity index (χ2n) is 3.82. The quantitative estimate of drug-likeness (QED) is 0.846. The fraction of sp³-hybridized carbons (Fsp3) is 0.385. The van der Waals surface area contributed by atoms with Gasteiger partial charge in [-0.05, 0) is 19.1 Å². The summed E-state index contributed by atoms with van der Waals surface area (Å²) in [7, 11) is 1.32. The zero-order valence-electron chi connectivity index (χ0n) is 11.0. The lowest BCUT2D eigenvalue weighted by Gasteiger charge is -2.21. The maximum atomic E-state index is 12.0. The number of anilines is 1. The molecule has 0 radical (unpaired) electrons. The van der Waals surface area contributed by atoms with Crippen LogP contribution < -0.4 is 5.32 Å². The van der Waals surface area contributed by atoms with Gasteiger partial charge >= 0.3 is 12.0 Å². The molecule has 0 unspecified atom stereocenters. The molecule has 2 amide bonds. The van der Waals surface area contributed by atoms with Crippen molar-refractivity contribution >= 4 is 29.3 Å². The van der Waals surface area contributed by atoms with Gasteiger partial charge in [-0.25, -0.2) is 4.79 Å². The molecule has 19 heavy (non-hydrogen) atoms. The molecular formula is C13H17ClN2O3. The second kappa shape index (κ2) is 7.63. The summed E-state index contributed by atoms with van der Waals surface area (Å²) in [6, 6.07) is 6.69. The minimum Gasteiger partial charge on any atom is -0.469 e. The van der Waals surface area contributed by atoms with Crippen LogP contribution in [0.4, 0.5) is 10.5 Å². The molecule has 1 rings (SSSR count). The highest BCUT2D eigenvalue weighted by Gasteiger charge is 2.14. The van der Waals surface area contributed by atoms with Crippen LogP contribution in [-0.2, 0) is 9.53 Å². The average Bonchev–Trinajstić information content (AvgIpc) is 2.41. The van der Waals surface area contributed by atoms with Gasteiger partial charge in [0.05, 0.1) is 24.2 Å². The lowest BCUT2D eigenvalue weighted by Crippen LogP contribution is -2.36. The summed E-state index contributed by atoms with van der Waals surface area (Å²) in [5.74, 6) is -0.344. The number of urea groups is 1. The van der Waals surface area contributed by atoms with Gasteiger partial charge in [-0.2, -0.15) is 0 Å². The predicted molar refractivity (Wildman–Crippen MR) is 74.4 cm³/mol. The van der Waals surface area contributed by atoms with Crippen molar-refractivity contribution in [2.24, 2.45) is 0 Å². The summed E-state index contributed by atoms with van der Waals surface area (Å²) >= 11 is 5.96. The molecule has 104 valence electrons. The first-order chi connectivity index (χ1) is 9.08. The molecule has 1 aromatic rings. The topological polar surface area (TPSA) is 58.6 Å². The molecule has 0 aliphatic rings. The van der Waals surface area contributed by atoms with Crippen molar-refractivity contribution in [1.82, 2.24) is 4.90 Å². The van der Waals surface area contributed by atoms with E-state index in [0.29, 0.717) is 23.8 Å². The van der Waals surface area contributed by atoms with Gasteiger partial charge in [0, 0.05) is 13.1 Å². The summed E-state index contributed by atoms with van der Waals surface area (Å²) in [6.07, 6.45) is 0.167. The Bertz CT molecular complexity index is 451. The van der Waals surface area contributed by atoms with Crippen LogP contribution in [0.3, 0.4) is 0 Å². The smallest absolute Gasteiger partial charge is 0.321 e. The molecular weight excluding hydrogens is 268 g/mol. The van der Waals surface area contributed by atoms with E-state index in [4.69, 9.17) is 11.6 Å². The number of hydrogen-bond acceptors (Lipinski definition) is 3. The largest absolute Gasteiger partial charge is 0.469 e. The molecule has 0 aliphatic carbocycles. The molecule has 0 atom stereocenters. The lowest BCUT2D eigenvalue weighted by molar-refractivity contribution is -0.140. The third-order valence-corrected chi connectivity index (χ3v) is 2.93. The highest BCUT2D eigenvalue weighted by Crippen LogP contribution is 2.20. The summed E-state index contributed by atoms with van der Waals surface area (Å²) in [5.41, 5.74) is 0.547. The molecule has 0 saturated heterocycles. The molecule has 0 saturated carbocycles. The van der Waals surface area contributed by atoms with Crippen molar-refractivity contribution in [3.63, 3.8) is 0 Å². The minimum absolute atomic E-state index is 0.167. The van der Waals surface area contributed by atoms with Gasteiger partial charge in [0.2, 0.25) is 0 Å². The normalized spacial score (nSPS) is 9.84. The molecule has 0 aromatic heterocycles. The third-order valence-electron chi connectivity index (χ3n) is 2.60. The molecule has 5 nitrogen and oxygen atoms in total. The predicted octanol–water partition coefficient (Wildman–Crippen LogP) is 2.76. The van der Waals surface area contributed by atoms with E-state index in [0.717, 1.165) is 0 Å². The zero-order valence-corrected chi connectivity index (χ0v) is 11.7. The number of halogens is 1. The SMILES string of the molecule is CCN(CCC(=O)OC)C(=O)Nc1ccccc1Cl. The fourth-order valence-electron chi connectivity index (χ4n) is 1.49. The van der Waals surface area contributed by atoms with E-state index in [2.05, 4.69) is 10.1 Å². The lowest BCUT2D eigenvalue weighted by atomic mass is 10.3. The zero-order chi connectivity index (χ0) is 14.3. The first kappa shape index (κ1) is 15.3. The van der Waals surface area contributed by atoms with Crippen molar-refractivity contribution < 1.29 is 14.3 Å². The van der Waals surface area contributed by atoms with E-state index in [-0.39, 0.29) is 18.4 Å². The Kier molecular flexibility index (Phi) is 6.15. The van der Waals surface area contributed by atoms with Gasteiger partial charge in [-0.1, -0.05) is 23.7 Å². The van der Waals surface area contributed by atoms with Crippen LogP contribution >= 0.6 is 11.6 Å². The van der Waals surface area contributed by atoms with Crippen LogP contribution in [0, 0.1) is 0 Å². The van der Waals surface area contributed by atoms with E-state index in [1.807, 2.05) is 6.92 Å². The standard InChI is InChI=1S/C13H17ClN2O3/c1-3-16(9-8-12(17)19-2)13(18)15-11-7-5-4-6-10(11)14/h4-7H,3,8-9H2,1-2H3,(H,15,18). The second-order valence-corrected chi connectivity index (χ2v) is 4.22. The molecule has 0 spiro atoms. The Labute approximate surface area is 117 Å². The Morgan fingerprint density at radius 2 is 2.05 bits per heavy atom. The fourth-order valence-corrected chi connectivity index (χ4v) is 1.67. The van der Waals surface area contributed by atoms with Crippen LogP contribution in [0.1, 0.15) is 13.3 Å². The van der Waals surface area contributed by atoms with Crippen molar-refractivity contribution in [3.8, 4) is 0 Å². The molecule has 0 aliphatic heterocycles. The van der Waals surface area contributed by atoms with Gasteiger partial charge < -0.3 is 15.0 Å². The van der Waals surface area contributed by atoms with Crippen molar-refractivity contribution in [1.29, 1.82) is 0 Å². The van der Waals surface area contributed by atoms with Gasteiger partial charge in [-0.3, -0.25) is 4.79 Å². The van der Waals surface area contributed by atoms with Crippen molar-refractivity contribution in [3.05, 3.63) is 29.3 Å². The van der Waals surface area contributed by atoms with E-state index in [1.165, 1.54) is 12.0 Å². The summed E-state index contributed by atoms with van der Waals surface area (Å²) in [4.78, 5) is 24.6. The summed E-state index contributed by atoms with van der Waals surface area (Å²) < 4.78 is 4.54. The maximum Gasteiger partial charge on any atom is 0.321 e. The minimum atomic E-state index is -0.344. The highest BCUT2D eigenvalue weighted by molar-refractivity contribution is 6.33. The Hall–Kier alpha value is -1.75. The van der Waals surface area contributed by atoms with Crippen LogP contribution in [0.5, 0.6) is 0 Å². The first-order valence-electron chi connectivity index (χ1n) is 5.95. The monoisotopic (exact) mass is 284 g/mol. The van der Waals surface area contributed by atoms with E-state index >= 15 is 0 Å². The van der Waals surface area contributed by atoms with Crippen LogP contribution in [0.2, 0.25) is 5.02 Å². The molecule has 1 N–H and O–H groups in total. The van der Waals surface area contributed by atoms with Crippen molar-refractivity contribution in [2.45, 2.75) is 13.3 Å². The number of nitrogens with zero attached hydrogens (tertiary/aromatic N) is 1. The van der Waals surface area contributed by atoms with Gasteiger partial charge in [-0.15, -0.1) is 0 Å². The number of benzene rings is 1. The van der Waals surface area contributed by atoms with Crippen LogP contribution in [0.25, 0.3) is 0 Å². The number of para-hydroxylation sites is 1. The van der Waals surface area contributed by atoms with Crippen LogP contribution in [0.15, 0.2) is 24.3 Å². The Morgan fingerprint density at radius 3 is 2.63 bits per heavy atom. The number of esters is 1. The number of carbonyl (C=O) groups excluding carboxylic acids is 2. The number of hydrogen-bond donors (Lipinski definition) is 1. The maximum absolute atomic E-state index is 12.0. The van der Waals surface area contributed by atoms with Gasteiger partial charge in [0.25, 0.3) is 0 Å². The Morgan fingerprint density at radius 1 is 1.37 bits per heavy atom. The molecule has 6 heteroatoms. The summed E-state index contributed by atoms with van der Waals surface area (Å²) in [6.45, 7) is 2.64. The van der Waals surface area contributed by atoms with E-state index in [9.17, 15) is 9.59 Å². The number of ether oxygens (including phenoxy) is 1. The van der Waals surface area contributed by atoms with E-state index in [1.54, 1.807) is 24.3 Å². The number of methoxy groups -OCH3 is 1. The number of amides is 2. The molecule has 0 heterocycles. The van der Waals surface area contributed by atoms with Crippen LogP contribution in [-0.4, -0.2) is 37.1 Å². The highest BCUT2D eigenvalue weighted by atomic mass is 35.5. The first-order valence-corrected chi connectivity index (χ1v) is 6.33. The molecule has 0 bridgehead atoms. The Balaban J connectivity index is 2.59. The van der Waals surface area contributed by atoms with Gasteiger partial charge in [0.15, 0.2) is 0 Å². The third kappa shape index (κ3) is 4.79. The molecule has 0 fully saturated rings. The average molecular weight is 285 g/mol. The number of rotatable bonds is 5. The number of carbonyl (C=O) groups is 2. The van der Waals surface area contributed by atoms with E-state index < -0.39 is 0 Å². The van der Waals surface area contributed by atoms with Crippen molar-refractivity contribution in [2.75, 3.05) is 25.5 Å². The molecule has 1 aromatic carbocycles. The summed E-state index contributed by atoms with van der Waals surface area (Å²) in [5, 5.41) is 3.18. The van der Waals surface area contributed by atoms with Gasteiger partial charge in [0.1, 0.15) is 0 Å². The number of nitrogens with one attached hydrogen (secondary N) is 1.